The van der Waals surface area contributed by atoms with Crippen LogP contribution in [0.15, 0.2) is 52.7 Å². The van der Waals surface area contributed by atoms with Gasteiger partial charge in [0.15, 0.2) is 5.69 Å². The highest BCUT2D eigenvalue weighted by Gasteiger charge is 2.17. The molecule has 34 heavy (non-hydrogen) atoms. The average Bonchev–Trinajstić information content (AvgIpc) is 2.83. The van der Waals surface area contributed by atoms with Gasteiger partial charge in [-0.05, 0) is 36.2 Å². The highest BCUT2D eigenvalue weighted by Crippen LogP contribution is 2.29. The first kappa shape index (κ1) is 27.0. The Labute approximate surface area is 201 Å². The minimum absolute atomic E-state index is 0.0322. The molecular weight excluding hydrogens is 432 g/mol. The molecule has 2 aromatic carbocycles. The Kier molecular flexibility index (Phi) is 12.3. The molecule has 184 valence electrons. The number of hydrogen-bond donors (Lipinski definition) is 2. The third-order valence-corrected chi connectivity index (χ3v) is 5.66. The lowest BCUT2D eigenvalue weighted by Gasteiger charge is -2.07. The monoisotopic (exact) mass is 468 g/mol. The number of aromatic carboxylic acids is 1. The van der Waals surface area contributed by atoms with E-state index in [9.17, 15) is 14.9 Å². The molecular formula is C26H36N4O4. The second-order valence-electron chi connectivity index (χ2n) is 8.47. The molecule has 0 aliphatic carbocycles. The molecule has 0 heterocycles. The minimum atomic E-state index is -1.23. The van der Waals surface area contributed by atoms with Crippen molar-refractivity contribution in [1.82, 2.24) is 0 Å². The van der Waals surface area contributed by atoms with Crippen molar-refractivity contribution in [1.29, 1.82) is 0 Å². The van der Waals surface area contributed by atoms with Gasteiger partial charge >= 0.3 is 5.97 Å². The van der Waals surface area contributed by atoms with Crippen molar-refractivity contribution < 1.29 is 14.8 Å². The Balaban J connectivity index is 1.68. The highest BCUT2D eigenvalue weighted by atomic mass is 16.6. The number of nitro groups is 1. The maximum atomic E-state index is 11.2. The zero-order valence-electron chi connectivity index (χ0n) is 20.0. The van der Waals surface area contributed by atoms with Crippen molar-refractivity contribution in [2.75, 3.05) is 11.9 Å². The Morgan fingerprint density at radius 1 is 0.941 bits per heavy atom. The molecule has 0 saturated heterocycles. The van der Waals surface area contributed by atoms with E-state index < -0.39 is 10.9 Å². The Morgan fingerprint density at radius 3 is 2.15 bits per heavy atom. The van der Waals surface area contributed by atoms with Crippen LogP contribution in [0, 0.1) is 10.1 Å². The van der Waals surface area contributed by atoms with Gasteiger partial charge in [-0.1, -0.05) is 76.8 Å². The molecule has 0 aliphatic heterocycles. The largest absolute Gasteiger partial charge is 0.478 e. The molecule has 2 rings (SSSR count). The summed E-state index contributed by atoms with van der Waals surface area (Å²) in [7, 11) is 0. The molecule has 2 N–H and O–H groups in total. The van der Waals surface area contributed by atoms with Gasteiger partial charge < -0.3 is 10.4 Å². The molecule has 0 amide bonds. The number of azo groups is 1. The molecule has 8 heteroatoms. The maximum Gasteiger partial charge on any atom is 0.335 e. The SMILES string of the molecule is CCCCCCCCCCCCNc1ccc(CN=Nc2ccc(C(=O)O)cc2[N+](=O)[O-])cc1. The quantitative estimate of drug-likeness (QED) is 0.106. The molecule has 0 atom stereocenters. The lowest BCUT2D eigenvalue weighted by molar-refractivity contribution is -0.384. The van der Waals surface area contributed by atoms with E-state index in [1.165, 1.54) is 69.9 Å². The maximum absolute atomic E-state index is 11.2. The first-order valence-electron chi connectivity index (χ1n) is 12.2. The van der Waals surface area contributed by atoms with Crippen LogP contribution in [-0.4, -0.2) is 22.5 Å². The van der Waals surface area contributed by atoms with E-state index >= 15 is 0 Å². The van der Waals surface area contributed by atoms with Crippen LogP contribution < -0.4 is 5.32 Å². The molecule has 0 aliphatic rings. The zero-order valence-corrected chi connectivity index (χ0v) is 20.0. The number of nitrogens with one attached hydrogen (secondary N) is 1. The number of carboxylic acid groups (broad SMARTS) is 1. The minimum Gasteiger partial charge on any atom is -0.478 e. The number of carbonyl (C=O) groups is 1. The van der Waals surface area contributed by atoms with E-state index in [4.69, 9.17) is 5.11 Å². The summed E-state index contributed by atoms with van der Waals surface area (Å²) in [6, 6.07) is 11.4. The summed E-state index contributed by atoms with van der Waals surface area (Å²) >= 11 is 0. The van der Waals surface area contributed by atoms with Gasteiger partial charge in [0.25, 0.3) is 5.69 Å². The molecule has 0 bridgehead atoms. The first-order valence-corrected chi connectivity index (χ1v) is 12.2. The van der Waals surface area contributed by atoms with E-state index in [1.54, 1.807) is 0 Å². The smallest absolute Gasteiger partial charge is 0.335 e. The van der Waals surface area contributed by atoms with Crippen LogP contribution in [-0.2, 0) is 6.54 Å². The average molecular weight is 469 g/mol. The second kappa shape index (κ2) is 15.5. The van der Waals surface area contributed by atoms with Crippen LogP contribution in [0.25, 0.3) is 0 Å². The van der Waals surface area contributed by atoms with Crippen molar-refractivity contribution in [2.45, 2.75) is 77.7 Å². The normalized spacial score (nSPS) is 11.1. The van der Waals surface area contributed by atoms with Gasteiger partial charge in [-0.3, -0.25) is 10.1 Å². The second-order valence-corrected chi connectivity index (χ2v) is 8.47. The Bertz CT molecular complexity index is 929. The number of benzene rings is 2. The van der Waals surface area contributed by atoms with Crippen LogP contribution in [0.5, 0.6) is 0 Å². The summed E-state index contributed by atoms with van der Waals surface area (Å²) in [4.78, 5) is 21.5. The van der Waals surface area contributed by atoms with Crippen LogP contribution in [0.4, 0.5) is 17.1 Å². The number of hydrogen-bond acceptors (Lipinski definition) is 6. The van der Waals surface area contributed by atoms with Crippen LogP contribution in [0.3, 0.4) is 0 Å². The topological polar surface area (TPSA) is 117 Å². The number of unbranched alkanes of at least 4 members (excludes halogenated alkanes) is 9. The van der Waals surface area contributed by atoms with E-state index in [1.807, 2.05) is 24.3 Å². The number of nitro benzene ring substituents is 1. The van der Waals surface area contributed by atoms with Gasteiger partial charge in [0.05, 0.1) is 17.0 Å². The van der Waals surface area contributed by atoms with Crippen molar-refractivity contribution in [3.05, 3.63) is 63.7 Å². The van der Waals surface area contributed by atoms with E-state index in [0.29, 0.717) is 0 Å². The standard InChI is InChI=1S/C26H36N4O4/c1-2-3-4-5-6-7-8-9-10-11-18-27-23-15-12-21(13-16-23)20-28-29-24-17-14-22(26(31)32)19-25(24)30(33)34/h12-17,19,27H,2-11,18,20H2,1H3,(H,31,32). The summed E-state index contributed by atoms with van der Waals surface area (Å²) in [6.07, 6.45) is 13.2. The molecule has 2 aromatic rings. The zero-order chi connectivity index (χ0) is 24.6. The van der Waals surface area contributed by atoms with E-state index in [0.717, 1.165) is 30.3 Å². The van der Waals surface area contributed by atoms with Gasteiger partial charge in [0, 0.05) is 18.3 Å². The van der Waals surface area contributed by atoms with Crippen molar-refractivity contribution >= 4 is 23.0 Å². The molecule has 0 spiro atoms. The fourth-order valence-corrected chi connectivity index (χ4v) is 3.65. The third-order valence-electron chi connectivity index (χ3n) is 5.66. The molecule has 8 nitrogen and oxygen atoms in total. The molecule has 0 fully saturated rings. The Morgan fingerprint density at radius 2 is 1.56 bits per heavy atom. The van der Waals surface area contributed by atoms with Gasteiger partial charge in [0.1, 0.15) is 0 Å². The van der Waals surface area contributed by atoms with Crippen molar-refractivity contribution in [3.8, 4) is 0 Å². The molecule has 0 saturated carbocycles. The fourth-order valence-electron chi connectivity index (χ4n) is 3.65. The van der Waals surface area contributed by atoms with Crippen molar-refractivity contribution in [3.63, 3.8) is 0 Å². The number of carboxylic acids is 1. The van der Waals surface area contributed by atoms with Crippen molar-refractivity contribution in [2.24, 2.45) is 10.2 Å². The highest BCUT2D eigenvalue weighted by molar-refractivity contribution is 5.89. The molecule has 0 aromatic heterocycles. The fraction of sp³-hybridized carbons (Fsp3) is 0.500. The van der Waals surface area contributed by atoms with Gasteiger partial charge in [-0.25, -0.2) is 4.79 Å². The summed E-state index contributed by atoms with van der Waals surface area (Å²) < 4.78 is 0. The van der Waals surface area contributed by atoms with Gasteiger partial charge in [0.2, 0.25) is 0 Å². The van der Waals surface area contributed by atoms with Crippen LogP contribution in [0.2, 0.25) is 0 Å². The van der Waals surface area contributed by atoms with E-state index in [-0.39, 0.29) is 23.5 Å². The molecule has 0 radical (unpaired) electrons. The predicted molar refractivity (Wildman–Crippen MR) is 135 cm³/mol. The van der Waals surface area contributed by atoms with Gasteiger partial charge in [-0.15, -0.1) is 5.11 Å². The number of anilines is 1. The lowest BCUT2D eigenvalue weighted by atomic mass is 10.1. The summed E-state index contributed by atoms with van der Waals surface area (Å²) in [6.45, 7) is 3.47. The third kappa shape index (κ3) is 10.1. The van der Waals surface area contributed by atoms with Gasteiger partial charge in [-0.2, -0.15) is 5.11 Å². The number of rotatable bonds is 17. The predicted octanol–water partition coefficient (Wildman–Crippen LogP) is 7.91. The van der Waals surface area contributed by atoms with E-state index in [2.05, 4.69) is 22.5 Å². The Hall–Kier alpha value is -3.29. The lowest BCUT2D eigenvalue weighted by Crippen LogP contribution is -2.01. The number of nitrogens with zero attached hydrogens (tertiary/aromatic N) is 3. The summed E-state index contributed by atoms with van der Waals surface area (Å²) in [5.41, 5.74) is 1.47. The van der Waals surface area contributed by atoms with Crippen LogP contribution in [0.1, 0.15) is 87.1 Å². The van der Waals surface area contributed by atoms with Crippen LogP contribution >= 0.6 is 0 Å². The summed E-state index contributed by atoms with van der Waals surface area (Å²) in [5, 5.41) is 31.6. The molecule has 0 unspecified atom stereocenters. The first-order chi connectivity index (χ1) is 16.5. The summed E-state index contributed by atoms with van der Waals surface area (Å²) in [5.74, 6) is -1.23.